The van der Waals surface area contributed by atoms with E-state index in [0.29, 0.717) is 19.3 Å². The van der Waals surface area contributed by atoms with Crippen LogP contribution < -0.4 is 9.47 Å². The van der Waals surface area contributed by atoms with Crippen LogP contribution in [-0.4, -0.2) is 29.2 Å². The Labute approximate surface area is 157 Å². The molecule has 26 heavy (non-hydrogen) atoms. The molecule has 5 heteroatoms. The largest absolute Gasteiger partial charge is 0.486 e. The molecule has 2 aliphatic heterocycles. The van der Waals surface area contributed by atoms with Crippen molar-refractivity contribution in [1.29, 1.82) is 0 Å². The highest BCUT2D eigenvalue weighted by Gasteiger charge is 2.28. The van der Waals surface area contributed by atoms with Gasteiger partial charge in [0.15, 0.2) is 11.5 Å². The molecule has 134 valence electrons. The number of thiophene rings is 1. The summed E-state index contributed by atoms with van der Waals surface area (Å²) in [6.07, 6.45) is 3.37. The molecule has 5 rings (SSSR count). The van der Waals surface area contributed by atoms with Crippen molar-refractivity contribution in [3.8, 4) is 11.5 Å². The van der Waals surface area contributed by atoms with Crippen LogP contribution >= 0.6 is 11.3 Å². The minimum Gasteiger partial charge on any atom is -0.486 e. The van der Waals surface area contributed by atoms with Gasteiger partial charge in [0.2, 0.25) is 0 Å². The first-order valence-corrected chi connectivity index (χ1v) is 10.1. The first kappa shape index (κ1) is 16.0. The van der Waals surface area contributed by atoms with Crippen molar-refractivity contribution >= 4 is 11.3 Å². The average molecular weight is 366 g/mol. The number of hydrogen-bond acceptors (Lipinski definition) is 4. The molecule has 4 heterocycles. The maximum Gasteiger partial charge on any atom is 0.161 e. The van der Waals surface area contributed by atoms with Gasteiger partial charge >= 0.3 is 0 Å². The minimum absolute atomic E-state index is 0.298. The van der Waals surface area contributed by atoms with E-state index in [9.17, 15) is 0 Å². The maximum absolute atomic E-state index is 5.77. The molecule has 0 fully saturated rings. The number of benzene rings is 1. The first-order valence-electron chi connectivity index (χ1n) is 9.18. The molecule has 0 N–H and O–H groups in total. The second-order valence-electron chi connectivity index (χ2n) is 6.89. The Morgan fingerprint density at radius 1 is 1.04 bits per heavy atom. The zero-order valence-corrected chi connectivity index (χ0v) is 15.5. The lowest BCUT2D eigenvalue weighted by molar-refractivity contribution is 0.170. The lowest BCUT2D eigenvalue weighted by atomic mass is 10.0. The second kappa shape index (κ2) is 6.82. The number of rotatable bonds is 3. The van der Waals surface area contributed by atoms with Crippen molar-refractivity contribution in [2.45, 2.75) is 25.6 Å². The van der Waals surface area contributed by atoms with Gasteiger partial charge in [-0.05, 0) is 58.6 Å². The summed E-state index contributed by atoms with van der Waals surface area (Å²) in [6.45, 7) is 4.33. The molecule has 0 spiro atoms. The fourth-order valence-corrected chi connectivity index (χ4v) is 4.72. The Bertz CT molecular complexity index is 887. The van der Waals surface area contributed by atoms with E-state index in [1.54, 1.807) is 11.3 Å². The summed E-state index contributed by atoms with van der Waals surface area (Å²) >= 11 is 1.77. The van der Waals surface area contributed by atoms with Crippen LogP contribution in [0.3, 0.4) is 0 Å². The highest BCUT2D eigenvalue weighted by Crippen LogP contribution is 2.36. The van der Waals surface area contributed by atoms with Gasteiger partial charge in [0, 0.05) is 31.5 Å². The van der Waals surface area contributed by atoms with E-state index in [1.807, 2.05) is 6.07 Å². The zero-order chi connectivity index (χ0) is 17.3. The topological polar surface area (TPSA) is 26.6 Å². The van der Waals surface area contributed by atoms with E-state index in [-0.39, 0.29) is 0 Å². The third-order valence-electron chi connectivity index (χ3n) is 5.21. The van der Waals surface area contributed by atoms with Gasteiger partial charge < -0.3 is 14.0 Å². The number of hydrogen-bond donors (Lipinski definition) is 0. The van der Waals surface area contributed by atoms with Gasteiger partial charge in [-0.1, -0.05) is 6.07 Å². The summed E-state index contributed by atoms with van der Waals surface area (Å²) in [5, 5.41) is 4.46. The van der Waals surface area contributed by atoms with Crippen LogP contribution in [0.1, 0.15) is 29.3 Å². The highest BCUT2D eigenvalue weighted by molar-refractivity contribution is 7.08. The quantitative estimate of drug-likeness (QED) is 0.691. The molecule has 3 aromatic rings. The summed E-state index contributed by atoms with van der Waals surface area (Å²) in [5.74, 6) is 1.73. The number of ether oxygens (including phenoxy) is 2. The molecule has 0 radical (unpaired) electrons. The molecule has 2 aromatic heterocycles. The summed E-state index contributed by atoms with van der Waals surface area (Å²) in [7, 11) is 0. The Morgan fingerprint density at radius 3 is 2.85 bits per heavy atom. The Kier molecular flexibility index (Phi) is 4.19. The maximum atomic E-state index is 5.77. The highest BCUT2D eigenvalue weighted by atomic mass is 32.1. The van der Waals surface area contributed by atoms with E-state index >= 15 is 0 Å². The Morgan fingerprint density at radius 2 is 1.96 bits per heavy atom. The minimum atomic E-state index is 0.298. The Balaban J connectivity index is 1.48. The van der Waals surface area contributed by atoms with Gasteiger partial charge in [-0.25, -0.2) is 0 Å². The van der Waals surface area contributed by atoms with Crippen LogP contribution in [0, 0.1) is 0 Å². The molecule has 2 aliphatic rings. The fourth-order valence-electron chi connectivity index (χ4n) is 4.04. The third kappa shape index (κ3) is 2.91. The zero-order valence-electron chi connectivity index (χ0n) is 14.6. The van der Waals surface area contributed by atoms with Crippen molar-refractivity contribution in [3.05, 3.63) is 70.2 Å². The molecule has 0 saturated heterocycles. The van der Waals surface area contributed by atoms with Crippen molar-refractivity contribution in [2.24, 2.45) is 0 Å². The van der Waals surface area contributed by atoms with E-state index in [0.717, 1.165) is 37.6 Å². The van der Waals surface area contributed by atoms with Crippen LogP contribution in [0.25, 0.3) is 0 Å². The van der Waals surface area contributed by atoms with Crippen molar-refractivity contribution in [3.63, 3.8) is 0 Å². The third-order valence-corrected chi connectivity index (χ3v) is 5.91. The smallest absolute Gasteiger partial charge is 0.161 e. The van der Waals surface area contributed by atoms with E-state index in [1.165, 1.54) is 16.8 Å². The Hall–Kier alpha value is -2.24. The fraction of sp³-hybridized carbons (Fsp3) is 0.333. The molecule has 1 unspecified atom stereocenters. The molecule has 0 amide bonds. The van der Waals surface area contributed by atoms with Crippen LogP contribution in [0.15, 0.2) is 53.4 Å². The molecule has 0 saturated carbocycles. The number of aromatic nitrogens is 1. The SMILES string of the molecule is c1cc2n(c1)CCCN(Cc1ccc3c(c1)OCCO3)C2c1ccsc1. The number of fused-ring (bicyclic) bond motifs is 2. The summed E-state index contributed by atoms with van der Waals surface area (Å²) in [4.78, 5) is 2.59. The number of aryl methyl sites for hydroxylation is 1. The van der Waals surface area contributed by atoms with E-state index in [2.05, 4.69) is 56.8 Å². The van der Waals surface area contributed by atoms with E-state index in [4.69, 9.17) is 9.47 Å². The van der Waals surface area contributed by atoms with Crippen LogP contribution in [-0.2, 0) is 13.1 Å². The molecule has 0 aliphatic carbocycles. The summed E-state index contributed by atoms with van der Waals surface area (Å²) < 4.78 is 13.8. The predicted molar refractivity (Wildman–Crippen MR) is 103 cm³/mol. The van der Waals surface area contributed by atoms with Crippen molar-refractivity contribution in [2.75, 3.05) is 19.8 Å². The van der Waals surface area contributed by atoms with Gasteiger partial charge in [-0.15, -0.1) is 0 Å². The summed E-state index contributed by atoms with van der Waals surface area (Å²) in [5.41, 5.74) is 4.04. The van der Waals surface area contributed by atoms with Crippen LogP contribution in [0.2, 0.25) is 0 Å². The summed E-state index contributed by atoms with van der Waals surface area (Å²) in [6, 6.07) is 13.4. The lowest BCUT2D eigenvalue weighted by Gasteiger charge is -2.30. The van der Waals surface area contributed by atoms with E-state index < -0.39 is 0 Å². The monoisotopic (exact) mass is 366 g/mol. The molecule has 0 bridgehead atoms. The van der Waals surface area contributed by atoms with Gasteiger partial charge in [-0.2, -0.15) is 11.3 Å². The van der Waals surface area contributed by atoms with Crippen LogP contribution in [0.4, 0.5) is 0 Å². The standard InChI is InChI=1S/C21H22N2O2S/c1-3-18-21(17-6-12-26-15-17)23(9-2-8-22(18)7-1)14-16-4-5-19-20(13-16)25-11-10-24-19/h1,3-7,12-13,15,21H,2,8-11,14H2. The van der Waals surface area contributed by atoms with Gasteiger partial charge in [0.25, 0.3) is 0 Å². The van der Waals surface area contributed by atoms with Gasteiger partial charge in [0.05, 0.1) is 6.04 Å². The number of nitrogens with zero attached hydrogens (tertiary/aromatic N) is 2. The van der Waals surface area contributed by atoms with Gasteiger partial charge in [-0.3, -0.25) is 4.90 Å². The normalized spacial score (nSPS) is 19.8. The van der Waals surface area contributed by atoms with Crippen molar-refractivity contribution in [1.82, 2.24) is 9.47 Å². The lowest BCUT2D eigenvalue weighted by Crippen LogP contribution is -2.29. The van der Waals surface area contributed by atoms with Crippen LogP contribution in [0.5, 0.6) is 11.5 Å². The van der Waals surface area contributed by atoms with Gasteiger partial charge in [0.1, 0.15) is 13.2 Å². The predicted octanol–water partition coefficient (Wildman–Crippen LogP) is 4.32. The molecule has 4 nitrogen and oxygen atoms in total. The molecular formula is C21H22N2O2S. The molecule has 1 aromatic carbocycles. The average Bonchev–Trinajstić information content (AvgIpc) is 3.32. The first-order chi connectivity index (χ1) is 12.9. The second-order valence-corrected chi connectivity index (χ2v) is 7.67. The van der Waals surface area contributed by atoms with Crippen molar-refractivity contribution < 1.29 is 9.47 Å². The molecular weight excluding hydrogens is 344 g/mol. The molecule has 1 atom stereocenters.